The molecule has 0 saturated carbocycles. The minimum Gasteiger partial charge on any atom is -0.378 e. The SMILES string of the molecule is Nc1ncc(-c2nc(N3CCOCC3)c3sc(-c4ccnc(F)c4)cc3n2)cn1. The summed E-state index contributed by atoms with van der Waals surface area (Å²) in [5, 5.41) is 0. The summed E-state index contributed by atoms with van der Waals surface area (Å²) < 4.78 is 20.0. The Balaban J connectivity index is 1.68. The van der Waals surface area contributed by atoms with E-state index in [1.165, 1.54) is 23.6 Å². The smallest absolute Gasteiger partial charge is 0.219 e. The number of ether oxygens (including phenoxy) is 1. The van der Waals surface area contributed by atoms with E-state index in [0.29, 0.717) is 24.6 Å². The van der Waals surface area contributed by atoms with Gasteiger partial charge in [-0.25, -0.2) is 24.9 Å². The normalized spacial score (nSPS) is 14.4. The van der Waals surface area contributed by atoms with Gasteiger partial charge in [0, 0.05) is 42.6 Å². The maximum Gasteiger partial charge on any atom is 0.219 e. The second kappa shape index (κ2) is 7.30. The molecule has 8 nitrogen and oxygen atoms in total. The second-order valence-corrected chi connectivity index (χ2v) is 7.54. The molecule has 1 aliphatic rings. The van der Waals surface area contributed by atoms with Crippen LogP contribution in [-0.2, 0) is 4.74 Å². The third-order valence-corrected chi connectivity index (χ3v) is 5.77. The molecule has 0 aliphatic carbocycles. The molecule has 10 heteroatoms. The van der Waals surface area contributed by atoms with Gasteiger partial charge in [0.1, 0.15) is 0 Å². The molecule has 0 atom stereocenters. The van der Waals surface area contributed by atoms with E-state index in [1.54, 1.807) is 18.5 Å². The molecule has 1 aliphatic heterocycles. The van der Waals surface area contributed by atoms with Crippen LogP contribution in [0.2, 0.25) is 0 Å². The minimum absolute atomic E-state index is 0.195. The first-order valence-corrected chi connectivity index (χ1v) is 9.83. The molecule has 5 rings (SSSR count). The van der Waals surface area contributed by atoms with E-state index < -0.39 is 5.95 Å². The lowest BCUT2D eigenvalue weighted by Crippen LogP contribution is -2.36. The Labute approximate surface area is 169 Å². The van der Waals surface area contributed by atoms with Gasteiger partial charge in [-0.2, -0.15) is 4.39 Å². The maximum atomic E-state index is 13.6. The number of anilines is 2. The number of nitrogens with zero attached hydrogens (tertiary/aromatic N) is 6. The predicted molar refractivity (Wildman–Crippen MR) is 109 cm³/mol. The van der Waals surface area contributed by atoms with Gasteiger partial charge < -0.3 is 15.4 Å². The van der Waals surface area contributed by atoms with Gasteiger partial charge in [0.25, 0.3) is 0 Å². The van der Waals surface area contributed by atoms with Crippen LogP contribution in [0.1, 0.15) is 0 Å². The molecule has 4 aromatic heterocycles. The van der Waals surface area contributed by atoms with E-state index in [1.807, 2.05) is 6.07 Å². The predicted octanol–water partition coefficient (Wildman–Crippen LogP) is 2.77. The molecule has 0 aromatic carbocycles. The average molecular weight is 409 g/mol. The van der Waals surface area contributed by atoms with Gasteiger partial charge in [0.05, 0.1) is 29.0 Å². The van der Waals surface area contributed by atoms with Crippen molar-refractivity contribution in [3.05, 3.63) is 42.7 Å². The Morgan fingerprint density at radius 2 is 1.83 bits per heavy atom. The zero-order valence-electron chi connectivity index (χ0n) is 15.2. The molecule has 1 fully saturated rings. The number of aromatic nitrogens is 5. The number of rotatable bonds is 3. The number of pyridine rings is 1. The lowest BCUT2D eigenvalue weighted by molar-refractivity contribution is 0.122. The summed E-state index contributed by atoms with van der Waals surface area (Å²) in [5.74, 6) is 1.03. The number of fused-ring (bicyclic) bond motifs is 1. The molecule has 0 bridgehead atoms. The van der Waals surface area contributed by atoms with E-state index in [0.717, 1.165) is 39.6 Å². The van der Waals surface area contributed by atoms with Gasteiger partial charge >= 0.3 is 0 Å². The van der Waals surface area contributed by atoms with Gasteiger partial charge in [-0.15, -0.1) is 11.3 Å². The van der Waals surface area contributed by atoms with Crippen molar-refractivity contribution < 1.29 is 9.13 Å². The van der Waals surface area contributed by atoms with Crippen LogP contribution in [0, 0.1) is 5.95 Å². The zero-order chi connectivity index (χ0) is 19.8. The third-order valence-electron chi connectivity index (χ3n) is 4.61. The van der Waals surface area contributed by atoms with E-state index in [4.69, 9.17) is 20.4 Å². The second-order valence-electron chi connectivity index (χ2n) is 6.49. The number of hydrogen-bond donors (Lipinski definition) is 1. The Bertz CT molecular complexity index is 1180. The van der Waals surface area contributed by atoms with Crippen LogP contribution < -0.4 is 10.6 Å². The summed E-state index contributed by atoms with van der Waals surface area (Å²) >= 11 is 1.53. The Morgan fingerprint density at radius 3 is 2.59 bits per heavy atom. The monoisotopic (exact) mass is 409 g/mol. The molecule has 146 valence electrons. The van der Waals surface area contributed by atoms with E-state index >= 15 is 0 Å². The highest BCUT2D eigenvalue weighted by molar-refractivity contribution is 7.22. The van der Waals surface area contributed by atoms with Crippen LogP contribution in [0.3, 0.4) is 0 Å². The van der Waals surface area contributed by atoms with Crippen LogP contribution in [0.4, 0.5) is 16.2 Å². The van der Waals surface area contributed by atoms with Crippen LogP contribution in [-0.4, -0.2) is 51.2 Å². The standard InChI is InChI=1S/C19H16FN7OS/c20-15-7-11(1-2-22-15)14-8-13-16(29-14)18(27-3-5-28-6-4-27)26-17(25-13)12-9-23-19(21)24-10-12/h1-2,7-10H,3-6H2,(H2,21,23,24). The quantitative estimate of drug-likeness (QED) is 0.515. The number of nitrogen functional groups attached to an aromatic ring is 1. The first kappa shape index (κ1) is 17.8. The van der Waals surface area contributed by atoms with Crippen molar-refractivity contribution in [2.75, 3.05) is 36.9 Å². The highest BCUT2D eigenvalue weighted by Crippen LogP contribution is 2.38. The summed E-state index contributed by atoms with van der Waals surface area (Å²) in [4.78, 5) is 24.3. The van der Waals surface area contributed by atoms with E-state index in [-0.39, 0.29) is 5.95 Å². The maximum absolute atomic E-state index is 13.6. The van der Waals surface area contributed by atoms with Crippen LogP contribution in [0.5, 0.6) is 0 Å². The van der Waals surface area contributed by atoms with Crippen LogP contribution in [0.25, 0.3) is 32.0 Å². The molecular weight excluding hydrogens is 393 g/mol. The number of thiophene rings is 1. The fraction of sp³-hybridized carbons (Fsp3) is 0.211. The number of nitrogens with two attached hydrogens (primary N) is 1. The molecule has 2 N–H and O–H groups in total. The lowest BCUT2D eigenvalue weighted by Gasteiger charge is -2.28. The van der Waals surface area contributed by atoms with Gasteiger partial charge in [-0.3, -0.25) is 0 Å². The largest absolute Gasteiger partial charge is 0.378 e. The molecule has 0 unspecified atom stereocenters. The summed E-state index contributed by atoms with van der Waals surface area (Å²) in [6.45, 7) is 2.75. The van der Waals surface area contributed by atoms with Crippen molar-refractivity contribution in [1.29, 1.82) is 0 Å². The van der Waals surface area contributed by atoms with E-state index in [9.17, 15) is 4.39 Å². The molecule has 4 aromatic rings. The lowest BCUT2D eigenvalue weighted by atomic mass is 10.2. The number of hydrogen-bond acceptors (Lipinski definition) is 9. The fourth-order valence-electron chi connectivity index (χ4n) is 3.18. The fourth-order valence-corrected chi connectivity index (χ4v) is 4.30. The third kappa shape index (κ3) is 3.47. The number of morpholine rings is 1. The summed E-state index contributed by atoms with van der Waals surface area (Å²) in [5.41, 5.74) is 7.82. The highest BCUT2D eigenvalue weighted by Gasteiger charge is 2.21. The van der Waals surface area contributed by atoms with Crippen molar-refractivity contribution in [2.45, 2.75) is 0 Å². The minimum atomic E-state index is -0.515. The van der Waals surface area contributed by atoms with Gasteiger partial charge in [0.15, 0.2) is 11.6 Å². The first-order valence-electron chi connectivity index (χ1n) is 9.01. The summed E-state index contributed by atoms with van der Waals surface area (Å²) in [6, 6.07) is 5.15. The summed E-state index contributed by atoms with van der Waals surface area (Å²) in [7, 11) is 0. The highest BCUT2D eigenvalue weighted by atomic mass is 32.1. The molecule has 0 radical (unpaired) electrons. The van der Waals surface area contributed by atoms with Crippen molar-refractivity contribution in [3.63, 3.8) is 0 Å². The molecule has 0 amide bonds. The van der Waals surface area contributed by atoms with Gasteiger partial charge in [0.2, 0.25) is 11.9 Å². The van der Waals surface area contributed by atoms with E-state index in [2.05, 4.69) is 19.9 Å². The Hall–Kier alpha value is -3.24. The Kier molecular flexibility index (Phi) is 4.49. The Morgan fingerprint density at radius 1 is 1.03 bits per heavy atom. The van der Waals surface area contributed by atoms with Crippen LogP contribution in [0.15, 0.2) is 36.8 Å². The first-order chi connectivity index (χ1) is 14.2. The molecule has 0 spiro atoms. The van der Waals surface area contributed by atoms with Gasteiger partial charge in [-0.1, -0.05) is 0 Å². The summed E-state index contributed by atoms with van der Waals surface area (Å²) in [6.07, 6.45) is 4.68. The molecular formula is C19H16FN7OS. The van der Waals surface area contributed by atoms with Crippen LogP contribution >= 0.6 is 11.3 Å². The zero-order valence-corrected chi connectivity index (χ0v) is 16.1. The topological polar surface area (TPSA) is 103 Å². The van der Waals surface area contributed by atoms with Crippen molar-refractivity contribution in [1.82, 2.24) is 24.9 Å². The molecule has 29 heavy (non-hydrogen) atoms. The van der Waals surface area contributed by atoms with Gasteiger partial charge in [-0.05, 0) is 17.7 Å². The molecule has 1 saturated heterocycles. The molecule has 5 heterocycles. The number of halogens is 1. The van der Waals surface area contributed by atoms with Crippen molar-refractivity contribution in [3.8, 4) is 21.8 Å². The van der Waals surface area contributed by atoms with Crippen molar-refractivity contribution >= 4 is 33.3 Å². The average Bonchev–Trinajstić information content (AvgIpc) is 3.18. The van der Waals surface area contributed by atoms with Crippen molar-refractivity contribution in [2.24, 2.45) is 0 Å².